The molecule has 1 aliphatic carbocycles. The van der Waals surface area contributed by atoms with Crippen LogP contribution in [0.25, 0.3) is 0 Å². The summed E-state index contributed by atoms with van der Waals surface area (Å²) in [7, 11) is 5.45. The van der Waals surface area contributed by atoms with Gasteiger partial charge in [-0.2, -0.15) is 0 Å². The molecule has 1 aliphatic heterocycles. The van der Waals surface area contributed by atoms with Gasteiger partial charge in [-0.15, -0.1) is 0 Å². The van der Waals surface area contributed by atoms with Gasteiger partial charge in [0, 0.05) is 17.9 Å². The van der Waals surface area contributed by atoms with E-state index in [2.05, 4.69) is 24.1 Å². The fourth-order valence-corrected chi connectivity index (χ4v) is 4.50. The van der Waals surface area contributed by atoms with Crippen LogP contribution < -0.4 is 15.2 Å². The van der Waals surface area contributed by atoms with Gasteiger partial charge in [0.2, 0.25) is 0 Å². The predicted octanol–water partition coefficient (Wildman–Crippen LogP) is 2.29. The predicted molar refractivity (Wildman–Crippen MR) is 90.6 cm³/mol. The molecule has 24 heavy (non-hydrogen) atoms. The number of nitrogens with two attached hydrogens (primary N) is 1. The molecule has 1 saturated carbocycles. The van der Waals surface area contributed by atoms with Crippen LogP contribution in [0.3, 0.4) is 0 Å². The summed E-state index contributed by atoms with van der Waals surface area (Å²) in [6, 6.07) is 6.54. The molecule has 0 bridgehead atoms. The fraction of sp³-hybridized carbons (Fsp3) is 0.611. The first-order chi connectivity index (χ1) is 11.5. The molecule has 6 heteroatoms. The van der Waals surface area contributed by atoms with Crippen LogP contribution in [0.5, 0.6) is 11.5 Å². The first-order valence-corrected chi connectivity index (χ1v) is 8.39. The number of hydrogen-bond donors (Lipinski definition) is 1. The third-order valence-corrected chi connectivity index (χ3v) is 5.72. The van der Waals surface area contributed by atoms with Gasteiger partial charge in [-0.3, -0.25) is 0 Å². The smallest absolute Gasteiger partial charge is 0.404 e. The van der Waals surface area contributed by atoms with Crippen molar-refractivity contribution in [3.63, 3.8) is 0 Å². The van der Waals surface area contributed by atoms with E-state index in [0.29, 0.717) is 6.04 Å². The van der Waals surface area contributed by atoms with E-state index in [9.17, 15) is 4.79 Å². The molecule has 0 aromatic heterocycles. The molecule has 1 saturated heterocycles. The van der Waals surface area contributed by atoms with Gasteiger partial charge < -0.3 is 24.8 Å². The molecule has 2 N–H and O–H groups in total. The maximum atomic E-state index is 11.1. The van der Waals surface area contributed by atoms with Gasteiger partial charge in [0.25, 0.3) is 0 Å². The largest absolute Gasteiger partial charge is 0.493 e. The van der Waals surface area contributed by atoms with E-state index in [4.69, 9.17) is 19.9 Å². The molecule has 0 spiro atoms. The van der Waals surface area contributed by atoms with E-state index in [0.717, 1.165) is 43.7 Å². The number of ether oxygens (including phenoxy) is 3. The van der Waals surface area contributed by atoms with E-state index in [1.165, 1.54) is 5.56 Å². The monoisotopic (exact) mass is 334 g/mol. The lowest BCUT2D eigenvalue weighted by Gasteiger charge is -2.44. The van der Waals surface area contributed by atoms with E-state index in [1.54, 1.807) is 14.2 Å². The Labute approximate surface area is 142 Å². The third-order valence-electron chi connectivity index (χ3n) is 5.72. The minimum Gasteiger partial charge on any atom is -0.493 e. The topological polar surface area (TPSA) is 74.0 Å². The molecule has 1 aromatic carbocycles. The van der Waals surface area contributed by atoms with Gasteiger partial charge in [-0.05, 0) is 50.6 Å². The third kappa shape index (κ3) is 2.79. The molecule has 132 valence electrons. The van der Waals surface area contributed by atoms with Gasteiger partial charge in [-0.1, -0.05) is 6.07 Å². The van der Waals surface area contributed by atoms with Gasteiger partial charge in [-0.25, -0.2) is 4.79 Å². The van der Waals surface area contributed by atoms with Crippen LogP contribution in [0.1, 0.15) is 31.2 Å². The van der Waals surface area contributed by atoms with Crippen molar-refractivity contribution in [2.45, 2.75) is 43.2 Å². The molecule has 2 fully saturated rings. The van der Waals surface area contributed by atoms with E-state index < -0.39 is 6.09 Å². The van der Waals surface area contributed by atoms with E-state index in [-0.39, 0.29) is 11.5 Å². The number of benzene rings is 1. The van der Waals surface area contributed by atoms with Gasteiger partial charge >= 0.3 is 6.09 Å². The van der Waals surface area contributed by atoms with Crippen LogP contribution in [-0.2, 0) is 10.2 Å². The van der Waals surface area contributed by atoms with Crippen molar-refractivity contribution in [1.82, 2.24) is 4.90 Å². The molecular weight excluding hydrogens is 308 g/mol. The summed E-state index contributed by atoms with van der Waals surface area (Å²) < 4.78 is 16.1. The Morgan fingerprint density at radius 1 is 1.25 bits per heavy atom. The summed E-state index contributed by atoms with van der Waals surface area (Å²) in [6.07, 6.45) is 2.93. The molecular formula is C18H26N2O4. The van der Waals surface area contributed by atoms with E-state index in [1.807, 2.05) is 6.07 Å². The number of rotatable bonds is 4. The SMILES string of the molecule is COc1ccc(C23CCC(OC(N)=O)CC2N(C)CC3)cc1OC. The number of carbonyl (C=O) groups excluding carboxylic acids is 1. The van der Waals surface area contributed by atoms with Crippen molar-refractivity contribution < 1.29 is 19.0 Å². The minimum absolute atomic E-state index is 0.0613. The summed E-state index contributed by atoms with van der Waals surface area (Å²) in [6.45, 7) is 1.03. The molecule has 0 radical (unpaired) electrons. The van der Waals surface area contributed by atoms with Gasteiger partial charge in [0.1, 0.15) is 6.10 Å². The molecule has 3 atom stereocenters. The summed E-state index contributed by atoms with van der Waals surface area (Å²) in [5, 5.41) is 0. The van der Waals surface area contributed by atoms with Crippen LogP contribution in [0.2, 0.25) is 0 Å². The average Bonchev–Trinajstić information content (AvgIpc) is 2.91. The number of nitrogens with zero attached hydrogens (tertiary/aromatic N) is 1. The zero-order chi connectivity index (χ0) is 17.3. The highest BCUT2D eigenvalue weighted by molar-refractivity contribution is 5.64. The quantitative estimate of drug-likeness (QED) is 0.914. The second kappa shape index (κ2) is 6.51. The normalized spacial score (nSPS) is 29.8. The Bertz CT molecular complexity index is 621. The first kappa shape index (κ1) is 16.9. The van der Waals surface area contributed by atoms with Crippen molar-refractivity contribution in [3.05, 3.63) is 23.8 Å². The molecule has 3 unspecified atom stereocenters. The van der Waals surface area contributed by atoms with Crippen molar-refractivity contribution >= 4 is 6.09 Å². The number of hydrogen-bond acceptors (Lipinski definition) is 5. The second-order valence-electron chi connectivity index (χ2n) is 6.81. The highest BCUT2D eigenvalue weighted by Gasteiger charge is 2.51. The second-order valence-corrected chi connectivity index (χ2v) is 6.81. The van der Waals surface area contributed by atoms with Crippen LogP contribution in [-0.4, -0.2) is 51.0 Å². The van der Waals surface area contributed by atoms with Crippen molar-refractivity contribution in [3.8, 4) is 11.5 Å². The average molecular weight is 334 g/mol. The standard InChI is InChI=1S/C18H26N2O4/c1-20-9-8-18(7-6-13(11-16(18)20)24-17(19)21)12-4-5-14(22-2)15(10-12)23-3/h4-5,10,13,16H,6-9,11H2,1-3H3,(H2,19,21). The molecule has 6 nitrogen and oxygen atoms in total. The summed E-state index contributed by atoms with van der Waals surface area (Å²) in [5.74, 6) is 1.50. The van der Waals surface area contributed by atoms with Gasteiger partial charge in [0.05, 0.1) is 14.2 Å². The number of likely N-dealkylation sites (N-methyl/N-ethyl adjacent to an activating group) is 1. The van der Waals surface area contributed by atoms with Crippen LogP contribution in [0.15, 0.2) is 18.2 Å². The Morgan fingerprint density at radius 3 is 2.67 bits per heavy atom. The summed E-state index contributed by atoms with van der Waals surface area (Å²) in [5.41, 5.74) is 6.54. The van der Waals surface area contributed by atoms with Crippen molar-refractivity contribution in [2.75, 3.05) is 27.8 Å². The van der Waals surface area contributed by atoms with Crippen molar-refractivity contribution in [1.29, 1.82) is 0 Å². The number of likely N-dealkylation sites (tertiary alicyclic amines) is 1. The number of primary amides is 1. The maximum absolute atomic E-state index is 11.1. The Kier molecular flexibility index (Phi) is 4.58. The van der Waals surface area contributed by atoms with Crippen LogP contribution in [0, 0.1) is 0 Å². The lowest BCUT2D eigenvalue weighted by molar-refractivity contribution is 0.0376. The Balaban J connectivity index is 1.92. The number of amides is 1. The maximum Gasteiger partial charge on any atom is 0.404 e. The lowest BCUT2D eigenvalue weighted by atomic mass is 9.65. The number of methoxy groups -OCH3 is 2. The van der Waals surface area contributed by atoms with E-state index >= 15 is 0 Å². The van der Waals surface area contributed by atoms with Crippen molar-refractivity contribution in [2.24, 2.45) is 5.73 Å². The first-order valence-electron chi connectivity index (χ1n) is 8.39. The highest BCUT2D eigenvalue weighted by Crippen LogP contribution is 2.50. The molecule has 2 aliphatic rings. The molecule has 1 amide bonds. The summed E-state index contributed by atoms with van der Waals surface area (Å²) in [4.78, 5) is 13.5. The Hall–Kier alpha value is -1.95. The number of fused-ring (bicyclic) bond motifs is 1. The molecule has 1 heterocycles. The molecule has 1 aromatic rings. The minimum atomic E-state index is -0.681. The van der Waals surface area contributed by atoms with Crippen LogP contribution in [0.4, 0.5) is 4.79 Å². The highest BCUT2D eigenvalue weighted by atomic mass is 16.6. The zero-order valence-electron chi connectivity index (χ0n) is 14.6. The number of carbonyl (C=O) groups is 1. The Morgan fingerprint density at radius 2 is 2.00 bits per heavy atom. The molecule has 3 rings (SSSR count). The zero-order valence-corrected chi connectivity index (χ0v) is 14.6. The summed E-state index contributed by atoms with van der Waals surface area (Å²) >= 11 is 0. The lowest BCUT2D eigenvalue weighted by Crippen LogP contribution is -2.48. The van der Waals surface area contributed by atoms with Gasteiger partial charge in [0.15, 0.2) is 11.5 Å². The fourth-order valence-electron chi connectivity index (χ4n) is 4.50. The van der Waals surface area contributed by atoms with Crippen LogP contribution >= 0.6 is 0 Å².